The Bertz CT molecular complexity index is 463. The molecule has 118 valence electrons. The number of hydrogen-bond acceptors (Lipinski definition) is 3. The zero-order chi connectivity index (χ0) is 14.4. The summed E-state index contributed by atoms with van der Waals surface area (Å²) in [6.07, 6.45) is 4.32. The third-order valence-electron chi connectivity index (χ3n) is 3.94. The quantitative estimate of drug-likeness (QED) is 0.448. The van der Waals surface area contributed by atoms with Gasteiger partial charge in [0.25, 0.3) is 0 Å². The van der Waals surface area contributed by atoms with Gasteiger partial charge in [0.05, 0.1) is 12.2 Å². The van der Waals surface area contributed by atoms with Crippen LogP contribution in [0.25, 0.3) is 0 Å². The molecule has 0 radical (unpaired) electrons. The SMILES string of the molecule is CCN1CCCC1CNC(N)=NCc1ncccc1C.I. The monoisotopic (exact) mass is 403 g/mol. The summed E-state index contributed by atoms with van der Waals surface area (Å²) in [4.78, 5) is 11.2. The third kappa shape index (κ3) is 5.43. The Hall–Kier alpha value is -0.890. The van der Waals surface area contributed by atoms with Gasteiger partial charge in [-0.3, -0.25) is 9.88 Å². The van der Waals surface area contributed by atoms with Crippen LogP contribution in [0.3, 0.4) is 0 Å². The molecular weight excluding hydrogens is 377 g/mol. The van der Waals surface area contributed by atoms with Gasteiger partial charge in [-0.05, 0) is 44.5 Å². The molecule has 1 atom stereocenters. The summed E-state index contributed by atoms with van der Waals surface area (Å²) in [5.74, 6) is 0.512. The highest BCUT2D eigenvalue weighted by Gasteiger charge is 2.22. The summed E-state index contributed by atoms with van der Waals surface area (Å²) in [5.41, 5.74) is 8.06. The topological polar surface area (TPSA) is 66.5 Å². The van der Waals surface area contributed by atoms with Gasteiger partial charge in [-0.15, -0.1) is 24.0 Å². The predicted molar refractivity (Wildman–Crippen MR) is 98.0 cm³/mol. The second-order valence-corrected chi connectivity index (χ2v) is 5.27. The Balaban J connectivity index is 0.00000220. The molecule has 0 amide bonds. The van der Waals surface area contributed by atoms with Crippen molar-refractivity contribution in [3.05, 3.63) is 29.6 Å². The summed E-state index contributed by atoms with van der Waals surface area (Å²) >= 11 is 0. The van der Waals surface area contributed by atoms with Gasteiger partial charge in [-0.1, -0.05) is 13.0 Å². The Kier molecular flexibility index (Phi) is 7.95. The van der Waals surface area contributed by atoms with Crippen molar-refractivity contribution in [3.63, 3.8) is 0 Å². The first-order chi connectivity index (χ1) is 9.70. The largest absolute Gasteiger partial charge is 0.370 e. The summed E-state index contributed by atoms with van der Waals surface area (Å²) < 4.78 is 0. The van der Waals surface area contributed by atoms with Crippen LogP contribution in [-0.4, -0.2) is 41.5 Å². The van der Waals surface area contributed by atoms with Gasteiger partial charge >= 0.3 is 0 Å². The number of rotatable bonds is 5. The maximum absolute atomic E-state index is 5.93. The molecule has 2 heterocycles. The summed E-state index contributed by atoms with van der Waals surface area (Å²) in [6.45, 7) is 7.97. The normalized spacial score (nSPS) is 19.3. The lowest BCUT2D eigenvalue weighted by molar-refractivity contribution is 0.267. The number of aryl methyl sites for hydroxylation is 1. The zero-order valence-corrected chi connectivity index (χ0v) is 15.2. The average molecular weight is 403 g/mol. The first-order valence-corrected chi connectivity index (χ1v) is 7.39. The molecule has 0 spiro atoms. The number of hydrogen-bond donors (Lipinski definition) is 2. The van der Waals surface area contributed by atoms with Crippen LogP contribution in [0.4, 0.5) is 0 Å². The lowest BCUT2D eigenvalue weighted by Gasteiger charge is -2.23. The molecule has 0 aliphatic carbocycles. The van der Waals surface area contributed by atoms with E-state index in [1.54, 1.807) is 6.20 Å². The highest BCUT2D eigenvalue weighted by Crippen LogP contribution is 2.15. The number of nitrogens with two attached hydrogens (primary N) is 1. The molecular formula is C15H26IN5. The second-order valence-electron chi connectivity index (χ2n) is 5.27. The molecule has 3 N–H and O–H groups in total. The number of likely N-dealkylation sites (N-methyl/N-ethyl adjacent to an activating group) is 1. The summed E-state index contributed by atoms with van der Waals surface area (Å²) in [5, 5.41) is 3.24. The van der Waals surface area contributed by atoms with Crippen LogP contribution in [0.5, 0.6) is 0 Å². The number of nitrogens with one attached hydrogen (secondary N) is 1. The first-order valence-electron chi connectivity index (χ1n) is 7.39. The van der Waals surface area contributed by atoms with Gasteiger partial charge in [-0.25, -0.2) is 4.99 Å². The van der Waals surface area contributed by atoms with E-state index in [0.29, 0.717) is 18.5 Å². The van der Waals surface area contributed by atoms with E-state index in [-0.39, 0.29) is 24.0 Å². The van der Waals surface area contributed by atoms with Crippen molar-refractivity contribution in [2.24, 2.45) is 10.7 Å². The molecule has 1 aromatic rings. The van der Waals surface area contributed by atoms with Crippen molar-refractivity contribution in [1.82, 2.24) is 15.2 Å². The van der Waals surface area contributed by atoms with Crippen LogP contribution in [0, 0.1) is 6.92 Å². The highest BCUT2D eigenvalue weighted by atomic mass is 127. The molecule has 0 saturated carbocycles. The highest BCUT2D eigenvalue weighted by molar-refractivity contribution is 14.0. The predicted octanol–water partition coefficient (Wildman–Crippen LogP) is 1.90. The van der Waals surface area contributed by atoms with E-state index in [1.807, 2.05) is 19.1 Å². The fraction of sp³-hybridized carbons (Fsp3) is 0.600. The fourth-order valence-corrected chi connectivity index (χ4v) is 2.66. The van der Waals surface area contributed by atoms with Crippen LogP contribution in [-0.2, 0) is 6.54 Å². The van der Waals surface area contributed by atoms with Crippen molar-refractivity contribution in [2.75, 3.05) is 19.6 Å². The van der Waals surface area contributed by atoms with Crippen LogP contribution in [0.2, 0.25) is 0 Å². The minimum atomic E-state index is 0. The molecule has 1 aliphatic rings. The van der Waals surface area contributed by atoms with Gasteiger partial charge in [-0.2, -0.15) is 0 Å². The van der Waals surface area contributed by atoms with Crippen molar-refractivity contribution >= 4 is 29.9 Å². The minimum Gasteiger partial charge on any atom is -0.370 e. The molecule has 1 aromatic heterocycles. The number of guanidine groups is 1. The zero-order valence-electron chi connectivity index (χ0n) is 12.9. The van der Waals surface area contributed by atoms with Crippen LogP contribution >= 0.6 is 24.0 Å². The van der Waals surface area contributed by atoms with Crippen molar-refractivity contribution in [3.8, 4) is 0 Å². The first kappa shape index (κ1) is 18.2. The van der Waals surface area contributed by atoms with Crippen molar-refractivity contribution < 1.29 is 0 Å². The van der Waals surface area contributed by atoms with E-state index in [9.17, 15) is 0 Å². The standard InChI is InChI=1S/C15H25N5.HI/c1-3-20-9-5-7-13(20)10-18-15(16)19-11-14-12(2)6-4-8-17-14;/h4,6,8,13H,3,5,7,9-11H2,1-2H3,(H3,16,18,19);1H. The molecule has 0 aromatic carbocycles. The Morgan fingerprint density at radius 2 is 2.38 bits per heavy atom. The number of aromatic nitrogens is 1. The maximum Gasteiger partial charge on any atom is 0.189 e. The van der Waals surface area contributed by atoms with Crippen molar-refractivity contribution in [2.45, 2.75) is 39.3 Å². The number of pyridine rings is 1. The Labute approximate surface area is 144 Å². The van der Waals surface area contributed by atoms with E-state index in [4.69, 9.17) is 5.73 Å². The average Bonchev–Trinajstić information content (AvgIpc) is 2.91. The molecule has 1 saturated heterocycles. The second kappa shape index (κ2) is 9.19. The van der Waals surface area contributed by atoms with E-state index >= 15 is 0 Å². The van der Waals surface area contributed by atoms with E-state index in [1.165, 1.54) is 19.4 Å². The molecule has 6 heteroatoms. The minimum absolute atomic E-state index is 0. The van der Waals surface area contributed by atoms with Crippen LogP contribution in [0.15, 0.2) is 23.3 Å². The maximum atomic E-state index is 5.93. The number of aliphatic imine (C=N–C) groups is 1. The van der Waals surface area contributed by atoms with Crippen LogP contribution in [0.1, 0.15) is 31.0 Å². The van der Waals surface area contributed by atoms with Gasteiger partial charge in [0.1, 0.15) is 0 Å². The number of nitrogens with zero attached hydrogens (tertiary/aromatic N) is 3. The van der Waals surface area contributed by atoms with Gasteiger partial charge < -0.3 is 11.1 Å². The lowest BCUT2D eigenvalue weighted by Crippen LogP contribution is -2.42. The molecule has 5 nitrogen and oxygen atoms in total. The third-order valence-corrected chi connectivity index (χ3v) is 3.94. The van der Waals surface area contributed by atoms with E-state index < -0.39 is 0 Å². The molecule has 2 rings (SSSR count). The smallest absolute Gasteiger partial charge is 0.189 e. The van der Waals surface area contributed by atoms with Gasteiger partial charge in [0.2, 0.25) is 0 Å². The summed E-state index contributed by atoms with van der Waals surface area (Å²) in [7, 11) is 0. The number of likely N-dealkylation sites (tertiary alicyclic amines) is 1. The van der Waals surface area contributed by atoms with Crippen LogP contribution < -0.4 is 11.1 Å². The molecule has 1 unspecified atom stereocenters. The lowest BCUT2D eigenvalue weighted by atomic mass is 10.2. The van der Waals surface area contributed by atoms with Gasteiger partial charge in [0.15, 0.2) is 5.96 Å². The molecule has 21 heavy (non-hydrogen) atoms. The molecule has 1 fully saturated rings. The van der Waals surface area contributed by atoms with Crippen molar-refractivity contribution in [1.29, 1.82) is 0 Å². The fourth-order valence-electron chi connectivity index (χ4n) is 2.66. The molecule has 0 bridgehead atoms. The Morgan fingerprint density at radius 3 is 3.10 bits per heavy atom. The molecule has 1 aliphatic heterocycles. The summed E-state index contributed by atoms with van der Waals surface area (Å²) in [6, 6.07) is 4.56. The van der Waals surface area contributed by atoms with E-state index in [2.05, 4.69) is 27.1 Å². The Morgan fingerprint density at radius 1 is 1.57 bits per heavy atom. The van der Waals surface area contributed by atoms with Gasteiger partial charge in [0, 0.05) is 18.8 Å². The van der Waals surface area contributed by atoms with E-state index in [0.717, 1.165) is 24.3 Å². The number of halogens is 1.